The van der Waals surface area contributed by atoms with Crippen molar-refractivity contribution in [3.63, 3.8) is 0 Å². The molecule has 0 amide bonds. The molecule has 2 rings (SSSR count). The molecule has 13 heavy (non-hydrogen) atoms. The van der Waals surface area contributed by atoms with Gasteiger partial charge in [0.05, 0.1) is 12.1 Å². The molecule has 72 valence electrons. The molecule has 0 N–H and O–H groups in total. The quantitative estimate of drug-likeness (QED) is 0.659. The van der Waals surface area contributed by atoms with Crippen molar-refractivity contribution in [3.05, 3.63) is 0 Å². The second-order valence-corrected chi connectivity index (χ2v) is 4.84. The number of rotatable bonds is 3. The van der Waals surface area contributed by atoms with E-state index in [0.29, 0.717) is 0 Å². The molecular formula is C11H18N2. The highest BCUT2D eigenvalue weighted by Crippen LogP contribution is 2.54. The van der Waals surface area contributed by atoms with Crippen LogP contribution in [-0.2, 0) is 0 Å². The molecule has 2 aliphatic carbocycles. The van der Waals surface area contributed by atoms with Crippen LogP contribution >= 0.6 is 0 Å². The second kappa shape index (κ2) is 3.31. The highest BCUT2D eigenvalue weighted by atomic mass is 15.1. The first kappa shape index (κ1) is 9.02. The smallest absolute Gasteiger partial charge is 0.0946 e. The number of nitrogens with zero attached hydrogens (tertiary/aromatic N) is 2. The van der Waals surface area contributed by atoms with E-state index in [2.05, 4.69) is 18.0 Å². The van der Waals surface area contributed by atoms with Crippen molar-refractivity contribution in [1.29, 1.82) is 5.26 Å². The lowest BCUT2D eigenvalue weighted by molar-refractivity contribution is 0.244. The molecule has 2 fully saturated rings. The van der Waals surface area contributed by atoms with Gasteiger partial charge in [0.25, 0.3) is 0 Å². The minimum atomic E-state index is 0.0805. The van der Waals surface area contributed by atoms with Crippen molar-refractivity contribution in [2.75, 3.05) is 13.6 Å². The Bertz CT molecular complexity index is 221. The van der Waals surface area contributed by atoms with Crippen LogP contribution in [0.1, 0.15) is 26.2 Å². The summed E-state index contributed by atoms with van der Waals surface area (Å²) in [6.45, 7) is 3.11. The molecule has 3 atom stereocenters. The molecular weight excluding hydrogens is 160 g/mol. The van der Waals surface area contributed by atoms with E-state index in [0.717, 1.165) is 24.3 Å². The van der Waals surface area contributed by atoms with Gasteiger partial charge in [0.2, 0.25) is 0 Å². The van der Waals surface area contributed by atoms with Crippen LogP contribution in [-0.4, -0.2) is 24.5 Å². The predicted molar refractivity (Wildman–Crippen MR) is 52.0 cm³/mol. The summed E-state index contributed by atoms with van der Waals surface area (Å²) in [7, 11) is 2.07. The molecule has 0 aromatic carbocycles. The van der Waals surface area contributed by atoms with Crippen molar-refractivity contribution in [3.8, 4) is 6.07 Å². The Kier molecular flexibility index (Phi) is 2.29. The van der Waals surface area contributed by atoms with Gasteiger partial charge in [0.1, 0.15) is 0 Å². The fraction of sp³-hybridized carbons (Fsp3) is 0.909. The summed E-state index contributed by atoms with van der Waals surface area (Å²) in [4.78, 5) is 2.19. The maximum Gasteiger partial charge on any atom is 0.0946 e. The largest absolute Gasteiger partial charge is 0.291 e. The van der Waals surface area contributed by atoms with Crippen LogP contribution in [0.25, 0.3) is 0 Å². The minimum Gasteiger partial charge on any atom is -0.291 e. The van der Waals surface area contributed by atoms with Gasteiger partial charge in [0, 0.05) is 6.54 Å². The third-order valence-electron chi connectivity index (χ3n) is 3.74. The van der Waals surface area contributed by atoms with Crippen molar-refractivity contribution in [2.24, 2.45) is 17.8 Å². The zero-order valence-electron chi connectivity index (χ0n) is 8.53. The molecule has 3 unspecified atom stereocenters. The normalized spacial score (nSPS) is 38.5. The van der Waals surface area contributed by atoms with E-state index in [-0.39, 0.29) is 6.04 Å². The number of nitriles is 1. The third-order valence-corrected chi connectivity index (χ3v) is 3.74. The fourth-order valence-electron chi connectivity index (χ4n) is 2.65. The molecule has 0 saturated heterocycles. The summed E-state index contributed by atoms with van der Waals surface area (Å²) in [6.07, 6.45) is 4.34. The van der Waals surface area contributed by atoms with Crippen LogP contribution < -0.4 is 0 Å². The molecule has 2 nitrogen and oxygen atoms in total. The Hall–Kier alpha value is -0.550. The second-order valence-electron chi connectivity index (χ2n) is 4.84. The molecule has 2 saturated carbocycles. The van der Waals surface area contributed by atoms with E-state index in [1.54, 1.807) is 0 Å². The number of fused-ring (bicyclic) bond motifs is 1. The van der Waals surface area contributed by atoms with Gasteiger partial charge in [-0.15, -0.1) is 0 Å². The summed E-state index contributed by atoms with van der Waals surface area (Å²) >= 11 is 0. The third kappa shape index (κ3) is 1.86. The van der Waals surface area contributed by atoms with Crippen LogP contribution in [0, 0.1) is 29.1 Å². The Morgan fingerprint density at radius 1 is 1.38 bits per heavy atom. The van der Waals surface area contributed by atoms with Gasteiger partial charge in [-0.3, -0.25) is 4.90 Å². The molecule has 2 aliphatic rings. The Balaban J connectivity index is 1.75. The van der Waals surface area contributed by atoms with E-state index in [1.807, 2.05) is 6.92 Å². The minimum absolute atomic E-state index is 0.0805. The van der Waals surface area contributed by atoms with E-state index in [4.69, 9.17) is 5.26 Å². The Morgan fingerprint density at radius 2 is 2.00 bits per heavy atom. The summed E-state index contributed by atoms with van der Waals surface area (Å²) in [5.41, 5.74) is 0. The van der Waals surface area contributed by atoms with Gasteiger partial charge in [-0.25, -0.2) is 0 Å². The van der Waals surface area contributed by atoms with Crippen molar-refractivity contribution in [2.45, 2.75) is 32.2 Å². The summed E-state index contributed by atoms with van der Waals surface area (Å²) < 4.78 is 0. The molecule has 0 spiro atoms. The molecule has 0 aromatic heterocycles. The van der Waals surface area contributed by atoms with Crippen LogP contribution in [0.4, 0.5) is 0 Å². The van der Waals surface area contributed by atoms with E-state index in [9.17, 15) is 0 Å². The van der Waals surface area contributed by atoms with Gasteiger partial charge < -0.3 is 0 Å². The monoisotopic (exact) mass is 178 g/mol. The lowest BCUT2D eigenvalue weighted by Crippen LogP contribution is -2.32. The van der Waals surface area contributed by atoms with Gasteiger partial charge in [-0.1, -0.05) is 0 Å². The average molecular weight is 178 g/mol. The maximum absolute atomic E-state index is 8.75. The lowest BCUT2D eigenvalue weighted by atomic mass is 10.0. The van der Waals surface area contributed by atoms with Gasteiger partial charge >= 0.3 is 0 Å². The highest BCUT2D eigenvalue weighted by molar-refractivity contribution is 4.97. The molecule has 0 radical (unpaired) electrons. The standard InChI is InChI=1S/C11H18N2/c1-8(6-12)13(2)7-9-3-10-5-11(10)4-9/h8-11H,3-5,7H2,1-2H3. The molecule has 0 aliphatic heterocycles. The Labute approximate surface area is 80.5 Å². The van der Waals surface area contributed by atoms with E-state index in [1.165, 1.54) is 19.3 Å². The average Bonchev–Trinajstić information content (AvgIpc) is 2.73. The predicted octanol–water partition coefficient (Wildman–Crippen LogP) is 1.88. The van der Waals surface area contributed by atoms with Gasteiger partial charge in [-0.2, -0.15) is 5.26 Å². The number of hydrogen-bond donors (Lipinski definition) is 0. The van der Waals surface area contributed by atoms with E-state index < -0.39 is 0 Å². The highest BCUT2D eigenvalue weighted by Gasteiger charge is 2.45. The van der Waals surface area contributed by atoms with E-state index >= 15 is 0 Å². The first-order valence-electron chi connectivity index (χ1n) is 5.30. The zero-order chi connectivity index (χ0) is 9.42. The van der Waals surface area contributed by atoms with Crippen molar-refractivity contribution in [1.82, 2.24) is 4.90 Å². The van der Waals surface area contributed by atoms with Gasteiger partial charge in [0.15, 0.2) is 0 Å². The van der Waals surface area contributed by atoms with Crippen LogP contribution in [0.3, 0.4) is 0 Å². The maximum atomic E-state index is 8.75. The molecule has 2 heteroatoms. The fourth-order valence-corrected chi connectivity index (χ4v) is 2.65. The van der Waals surface area contributed by atoms with Crippen LogP contribution in [0.15, 0.2) is 0 Å². The summed E-state index contributed by atoms with van der Waals surface area (Å²) in [6, 6.07) is 2.37. The van der Waals surface area contributed by atoms with Crippen LogP contribution in [0.5, 0.6) is 0 Å². The summed E-state index contributed by atoms with van der Waals surface area (Å²) in [5.74, 6) is 3.01. The number of hydrogen-bond acceptors (Lipinski definition) is 2. The summed E-state index contributed by atoms with van der Waals surface area (Å²) in [5, 5.41) is 8.75. The van der Waals surface area contributed by atoms with Crippen molar-refractivity contribution >= 4 is 0 Å². The SMILES string of the molecule is CC(C#N)N(C)CC1CC2CC2C1. The zero-order valence-corrected chi connectivity index (χ0v) is 8.53. The molecule has 0 heterocycles. The topological polar surface area (TPSA) is 27.0 Å². The van der Waals surface area contributed by atoms with Crippen molar-refractivity contribution < 1.29 is 0 Å². The van der Waals surface area contributed by atoms with Crippen LogP contribution in [0.2, 0.25) is 0 Å². The first-order chi connectivity index (χ1) is 6.20. The Morgan fingerprint density at radius 3 is 2.54 bits per heavy atom. The van der Waals surface area contributed by atoms with Gasteiger partial charge in [-0.05, 0) is 51.0 Å². The molecule has 0 aromatic rings. The lowest BCUT2D eigenvalue weighted by Gasteiger charge is -2.23. The first-order valence-corrected chi connectivity index (χ1v) is 5.30. The molecule has 0 bridgehead atoms.